The minimum Gasteiger partial charge on any atom is -0.406 e. The molecule has 1 aromatic heterocycles. The van der Waals surface area contributed by atoms with Gasteiger partial charge >= 0.3 is 6.36 Å². The van der Waals surface area contributed by atoms with Gasteiger partial charge in [0, 0.05) is 38.8 Å². The predicted octanol–water partition coefficient (Wildman–Crippen LogP) is 2.93. The molecule has 2 rings (SSSR count). The van der Waals surface area contributed by atoms with Gasteiger partial charge < -0.3 is 31.3 Å². The Morgan fingerprint density at radius 2 is 1.92 bits per heavy atom. The molecule has 1 heterocycles. The van der Waals surface area contributed by atoms with Gasteiger partial charge in [-0.1, -0.05) is 37.3 Å². The Hall–Kier alpha value is -3.39. The fraction of sp³-hybridized carbons (Fsp3) is 0.520. The summed E-state index contributed by atoms with van der Waals surface area (Å²) in [7, 11) is 0. The Bertz CT molecular complexity index is 1080. The van der Waals surface area contributed by atoms with Crippen molar-refractivity contribution in [2.75, 3.05) is 32.7 Å². The summed E-state index contributed by atoms with van der Waals surface area (Å²) < 4.78 is 40.9. The third-order valence-corrected chi connectivity index (χ3v) is 6.41. The molecule has 0 saturated carbocycles. The lowest BCUT2D eigenvalue weighted by molar-refractivity contribution is -0.274. The number of nitrogens with one attached hydrogen (secondary N) is 3. The van der Waals surface area contributed by atoms with Crippen LogP contribution in [-0.4, -0.2) is 66.0 Å². The Balaban J connectivity index is 1.63. The van der Waals surface area contributed by atoms with Gasteiger partial charge in [-0.05, 0) is 50.0 Å². The number of ether oxygens (including phenoxy) is 1. The minimum absolute atomic E-state index is 0.0136. The standard InChI is InChI=1S/C25H36F3N7O3S/c1-3-13-35(4-2)14-12-31-23(37)24-34-33-21(39-24)10-5-6-11-30-17-20(29)22(36)32-16-18-8-7-9-19(15-18)38-25(26,27)28/h7-9,15,17,30H,3-6,10-14,16,29H2,1-2H3,(H,31,37)(H,32,36)/b20-17-. The quantitative estimate of drug-likeness (QED) is 0.168. The first-order valence-corrected chi connectivity index (χ1v) is 13.6. The van der Waals surface area contributed by atoms with E-state index in [2.05, 4.69) is 49.6 Å². The number of unbranched alkanes of at least 4 members (excludes halogenated alkanes) is 1. The zero-order chi connectivity index (χ0) is 28.7. The Labute approximate surface area is 230 Å². The minimum atomic E-state index is -4.79. The van der Waals surface area contributed by atoms with Gasteiger partial charge in [-0.25, -0.2) is 0 Å². The maximum Gasteiger partial charge on any atom is 0.573 e. The van der Waals surface area contributed by atoms with Gasteiger partial charge in [0.15, 0.2) is 0 Å². The summed E-state index contributed by atoms with van der Waals surface area (Å²) in [5, 5.41) is 17.6. The third-order valence-electron chi connectivity index (χ3n) is 5.43. The number of nitrogens with two attached hydrogens (primary N) is 1. The summed E-state index contributed by atoms with van der Waals surface area (Å²) in [6.07, 6.45) is -0.107. The van der Waals surface area contributed by atoms with E-state index in [1.807, 2.05) is 0 Å². The molecule has 0 fully saturated rings. The average molecular weight is 572 g/mol. The van der Waals surface area contributed by atoms with Crippen LogP contribution < -0.4 is 26.4 Å². The molecule has 0 saturated heterocycles. The summed E-state index contributed by atoms with van der Waals surface area (Å²) in [6, 6.07) is 5.32. The third kappa shape index (κ3) is 12.8. The van der Waals surface area contributed by atoms with Crippen LogP contribution in [0.15, 0.2) is 36.2 Å². The van der Waals surface area contributed by atoms with Gasteiger partial charge in [-0.15, -0.1) is 23.4 Å². The monoisotopic (exact) mass is 571 g/mol. The number of aromatic nitrogens is 2. The summed E-state index contributed by atoms with van der Waals surface area (Å²) in [5.41, 5.74) is 6.13. The number of likely N-dealkylation sites (N-methyl/N-ethyl adjacent to an activating group) is 1. The zero-order valence-corrected chi connectivity index (χ0v) is 23.0. The van der Waals surface area contributed by atoms with E-state index in [0.29, 0.717) is 30.1 Å². The Kier molecular flexibility index (Phi) is 13.5. The van der Waals surface area contributed by atoms with Crippen LogP contribution in [-0.2, 0) is 17.8 Å². The molecule has 5 N–H and O–H groups in total. The first-order chi connectivity index (χ1) is 18.6. The van der Waals surface area contributed by atoms with Crippen molar-refractivity contribution in [2.45, 2.75) is 52.4 Å². The number of carbonyl (C=O) groups excluding carboxylic acids is 2. The van der Waals surface area contributed by atoms with E-state index in [4.69, 9.17) is 5.73 Å². The molecule has 0 aliphatic heterocycles. The van der Waals surface area contributed by atoms with Crippen molar-refractivity contribution < 1.29 is 27.5 Å². The van der Waals surface area contributed by atoms with Gasteiger partial charge in [0.2, 0.25) is 5.01 Å². The lowest BCUT2D eigenvalue weighted by Gasteiger charge is -2.19. The molecule has 0 spiro atoms. The fourth-order valence-electron chi connectivity index (χ4n) is 3.48. The molecule has 0 aliphatic carbocycles. The molecule has 2 amide bonds. The van der Waals surface area contributed by atoms with E-state index >= 15 is 0 Å². The molecule has 2 aromatic rings. The van der Waals surface area contributed by atoms with Crippen molar-refractivity contribution in [3.05, 3.63) is 51.7 Å². The maximum atomic E-state index is 12.3. The molecule has 1 aromatic carbocycles. The topological polar surface area (TPSA) is 134 Å². The van der Waals surface area contributed by atoms with E-state index < -0.39 is 12.3 Å². The number of aryl methyl sites for hydroxylation is 1. The second-order valence-electron chi connectivity index (χ2n) is 8.58. The smallest absolute Gasteiger partial charge is 0.406 e. The van der Waals surface area contributed by atoms with Crippen molar-refractivity contribution in [2.24, 2.45) is 5.73 Å². The van der Waals surface area contributed by atoms with E-state index in [1.54, 1.807) is 6.07 Å². The number of alkyl halides is 3. The second-order valence-corrected chi connectivity index (χ2v) is 9.64. The maximum absolute atomic E-state index is 12.3. The first-order valence-electron chi connectivity index (χ1n) is 12.8. The van der Waals surface area contributed by atoms with E-state index in [1.165, 1.54) is 35.7 Å². The Morgan fingerprint density at radius 3 is 2.64 bits per heavy atom. The van der Waals surface area contributed by atoms with Gasteiger partial charge in [-0.2, -0.15) is 0 Å². The van der Waals surface area contributed by atoms with Crippen molar-refractivity contribution in [1.82, 2.24) is 31.0 Å². The van der Waals surface area contributed by atoms with E-state index in [0.717, 1.165) is 43.9 Å². The average Bonchev–Trinajstić information content (AvgIpc) is 3.37. The van der Waals surface area contributed by atoms with Crippen LogP contribution in [0.5, 0.6) is 5.75 Å². The van der Waals surface area contributed by atoms with Crippen molar-refractivity contribution >= 4 is 23.2 Å². The van der Waals surface area contributed by atoms with E-state index in [-0.39, 0.29) is 23.9 Å². The molecular weight excluding hydrogens is 535 g/mol. The van der Waals surface area contributed by atoms with Crippen LogP contribution in [0.4, 0.5) is 13.2 Å². The summed E-state index contributed by atoms with van der Waals surface area (Å²) in [5.74, 6) is -1.14. The molecule has 14 heteroatoms. The molecule has 10 nitrogen and oxygen atoms in total. The highest BCUT2D eigenvalue weighted by atomic mass is 32.1. The normalized spacial score (nSPS) is 11.9. The molecule has 0 unspecified atom stereocenters. The number of amides is 2. The molecule has 0 atom stereocenters. The lowest BCUT2D eigenvalue weighted by Crippen LogP contribution is -2.35. The van der Waals surface area contributed by atoms with Crippen molar-refractivity contribution in [1.29, 1.82) is 0 Å². The van der Waals surface area contributed by atoms with Crippen LogP contribution >= 0.6 is 11.3 Å². The van der Waals surface area contributed by atoms with Gasteiger partial charge in [-0.3, -0.25) is 9.59 Å². The van der Waals surface area contributed by atoms with Crippen LogP contribution in [0.3, 0.4) is 0 Å². The Morgan fingerprint density at radius 1 is 1.13 bits per heavy atom. The van der Waals surface area contributed by atoms with Crippen LogP contribution in [0.1, 0.15) is 53.5 Å². The molecule has 0 aliphatic rings. The van der Waals surface area contributed by atoms with Gasteiger partial charge in [0.05, 0.1) is 0 Å². The molecule has 0 bridgehead atoms. The van der Waals surface area contributed by atoms with Crippen molar-refractivity contribution in [3.63, 3.8) is 0 Å². The molecular formula is C25H36F3N7O3S. The predicted molar refractivity (Wildman–Crippen MR) is 143 cm³/mol. The number of halogens is 3. The summed E-state index contributed by atoms with van der Waals surface area (Å²) in [4.78, 5) is 26.7. The van der Waals surface area contributed by atoms with Crippen LogP contribution in [0, 0.1) is 0 Å². The summed E-state index contributed by atoms with van der Waals surface area (Å²) in [6.45, 7) is 8.07. The first kappa shape index (κ1) is 31.8. The molecule has 0 radical (unpaired) electrons. The number of rotatable bonds is 17. The van der Waals surface area contributed by atoms with Gasteiger partial charge in [0.25, 0.3) is 11.8 Å². The number of hydrogen-bond acceptors (Lipinski definition) is 9. The van der Waals surface area contributed by atoms with Gasteiger partial charge in [0.1, 0.15) is 16.5 Å². The number of nitrogens with zero attached hydrogens (tertiary/aromatic N) is 3. The molecule has 216 valence electrons. The number of hydrogen-bond donors (Lipinski definition) is 4. The fourth-order valence-corrected chi connectivity index (χ4v) is 4.28. The van der Waals surface area contributed by atoms with Crippen molar-refractivity contribution in [3.8, 4) is 5.75 Å². The summed E-state index contributed by atoms with van der Waals surface area (Å²) >= 11 is 1.28. The zero-order valence-electron chi connectivity index (χ0n) is 22.1. The highest BCUT2D eigenvalue weighted by molar-refractivity contribution is 7.13. The lowest BCUT2D eigenvalue weighted by atomic mass is 10.2. The highest BCUT2D eigenvalue weighted by Gasteiger charge is 2.31. The van der Waals surface area contributed by atoms with Crippen LogP contribution in [0.25, 0.3) is 0 Å². The van der Waals surface area contributed by atoms with E-state index in [9.17, 15) is 22.8 Å². The number of benzene rings is 1. The number of carbonyl (C=O) groups is 2. The second kappa shape index (κ2) is 16.5. The highest BCUT2D eigenvalue weighted by Crippen LogP contribution is 2.23. The van der Waals surface area contributed by atoms with Crippen LogP contribution in [0.2, 0.25) is 0 Å². The molecule has 39 heavy (non-hydrogen) atoms. The SMILES string of the molecule is CCCN(CC)CCNC(=O)c1nnc(CCCCN/C=C(\N)C(=O)NCc2cccc(OC(F)(F)F)c2)s1. The largest absolute Gasteiger partial charge is 0.573 e.